The van der Waals surface area contributed by atoms with Gasteiger partial charge >= 0.3 is 11.9 Å². The van der Waals surface area contributed by atoms with Crippen LogP contribution in [0.15, 0.2) is 29.6 Å². The van der Waals surface area contributed by atoms with Crippen LogP contribution in [0.1, 0.15) is 26.4 Å². The Balaban J connectivity index is 0.000000612. The number of aliphatic carboxylic acids is 2. The predicted molar refractivity (Wildman–Crippen MR) is 107 cm³/mol. The smallest absolute Gasteiger partial charge is 0.414 e. The van der Waals surface area contributed by atoms with Gasteiger partial charge in [-0.05, 0) is 33.2 Å². The maximum Gasteiger partial charge on any atom is 0.414 e. The lowest BCUT2D eigenvalue weighted by atomic mass is 10.1. The molecule has 0 saturated carbocycles. The first-order chi connectivity index (χ1) is 13.6. The summed E-state index contributed by atoms with van der Waals surface area (Å²) in [7, 11) is 3.88. The van der Waals surface area contributed by atoms with E-state index in [0.717, 1.165) is 12.1 Å². The lowest BCUT2D eigenvalue weighted by molar-refractivity contribution is -0.159. The van der Waals surface area contributed by atoms with Gasteiger partial charge in [0, 0.05) is 24.0 Å². The van der Waals surface area contributed by atoms with Crippen LogP contribution in [0.25, 0.3) is 0 Å². The average Bonchev–Trinajstić information content (AvgIpc) is 3.11. The van der Waals surface area contributed by atoms with Crippen molar-refractivity contribution in [3.63, 3.8) is 0 Å². The van der Waals surface area contributed by atoms with Crippen molar-refractivity contribution in [2.24, 2.45) is 0 Å². The number of hydrogen-bond acceptors (Lipinski definition) is 7. The molecule has 0 radical (unpaired) electrons. The van der Waals surface area contributed by atoms with Crippen molar-refractivity contribution in [1.82, 2.24) is 15.2 Å². The fraction of sp³-hybridized carbons (Fsp3) is 0.278. The molecule has 11 heteroatoms. The number of rotatable bonds is 6. The molecule has 2 aromatic rings. The molecule has 0 bridgehead atoms. The van der Waals surface area contributed by atoms with Gasteiger partial charge in [-0.1, -0.05) is 17.7 Å². The van der Waals surface area contributed by atoms with Crippen molar-refractivity contribution >= 4 is 40.2 Å². The van der Waals surface area contributed by atoms with E-state index in [1.165, 1.54) is 11.3 Å². The Morgan fingerprint density at radius 2 is 1.62 bits per heavy atom. The third kappa shape index (κ3) is 8.95. The van der Waals surface area contributed by atoms with E-state index < -0.39 is 11.9 Å². The number of nitrogens with zero attached hydrogens (tertiary/aromatic N) is 2. The molecule has 4 N–H and O–H groups in total. The van der Waals surface area contributed by atoms with Gasteiger partial charge in [0.25, 0.3) is 11.8 Å². The molecule has 0 unspecified atom stereocenters. The zero-order chi connectivity index (χ0) is 22.0. The van der Waals surface area contributed by atoms with E-state index in [0.29, 0.717) is 22.9 Å². The van der Waals surface area contributed by atoms with Crippen molar-refractivity contribution < 1.29 is 29.4 Å². The zero-order valence-corrected chi connectivity index (χ0v) is 16.9. The van der Waals surface area contributed by atoms with Gasteiger partial charge in [-0.25, -0.2) is 14.6 Å². The number of carboxylic acids is 2. The molecule has 0 aliphatic carbocycles. The Kier molecular flexibility index (Phi) is 9.42. The van der Waals surface area contributed by atoms with E-state index in [4.69, 9.17) is 19.8 Å². The Morgan fingerprint density at radius 3 is 2.14 bits per heavy atom. The maximum atomic E-state index is 12.1. The Morgan fingerprint density at radius 1 is 1.03 bits per heavy atom. The summed E-state index contributed by atoms with van der Waals surface area (Å²) in [5, 5.41) is 22.3. The zero-order valence-electron chi connectivity index (χ0n) is 16.1. The molecule has 0 fully saturated rings. The van der Waals surface area contributed by atoms with E-state index >= 15 is 0 Å². The molecule has 0 spiro atoms. The van der Waals surface area contributed by atoms with E-state index in [-0.39, 0.29) is 11.8 Å². The highest BCUT2D eigenvalue weighted by molar-refractivity contribution is 7.14. The molecule has 1 aromatic heterocycles. The van der Waals surface area contributed by atoms with E-state index in [9.17, 15) is 9.59 Å². The standard InChI is InChI=1S/C16H20N4O2S.C2H2O4/c1-11-4-6-12(7-5-11)14(21)19-16-18-13(10-23-16)15(22)17-8-9-20(2)3;3-1(4)2(5)6/h4-7,10H,8-9H2,1-3H3,(H,17,22)(H,18,19,21);(H,3,4)(H,5,6). The minimum atomic E-state index is -1.82. The number of benzene rings is 1. The molecule has 2 rings (SSSR count). The Labute approximate surface area is 171 Å². The van der Waals surface area contributed by atoms with Crippen molar-refractivity contribution in [3.8, 4) is 0 Å². The summed E-state index contributed by atoms with van der Waals surface area (Å²) in [5.41, 5.74) is 1.96. The summed E-state index contributed by atoms with van der Waals surface area (Å²) in [6.45, 7) is 3.27. The minimum Gasteiger partial charge on any atom is -0.473 e. The number of thiazole rings is 1. The number of aromatic nitrogens is 1. The van der Waals surface area contributed by atoms with Crippen molar-refractivity contribution in [2.45, 2.75) is 6.92 Å². The monoisotopic (exact) mass is 422 g/mol. The molecule has 0 atom stereocenters. The minimum absolute atomic E-state index is 0.237. The number of amides is 2. The molecule has 10 nitrogen and oxygen atoms in total. The summed E-state index contributed by atoms with van der Waals surface area (Å²) in [5.74, 6) is -4.12. The second-order valence-corrected chi connectivity index (χ2v) is 6.89. The topological polar surface area (TPSA) is 149 Å². The number of carbonyl (C=O) groups is 4. The normalized spacial score (nSPS) is 9.93. The third-order valence-corrected chi connectivity index (χ3v) is 4.06. The number of likely N-dealkylation sites (N-methyl/N-ethyl adjacent to an activating group) is 1. The quantitative estimate of drug-likeness (QED) is 0.507. The van der Waals surface area contributed by atoms with Gasteiger partial charge in [0.2, 0.25) is 0 Å². The van der Waals surface area contributed by atoms with Gasteiger partial charge in [-0.3, -0.25) is 14.9 Å². The molecule has 1 aromatic carbocycles. The summed E-state index contributed by atoms with van der Waals surface area (Å²) in [6.07, 6.45) is 0. The van der Waals surface area contributed by atoms with Crippen LogP contribution in [0, 0.1) is 6.92 Å². The number of anilines is 1. The van der Waals surface area contributed by atoms with Gasteiger partial charge in [0.15, 0.2) is 5.13 Å². The van der Waals surface area contributed by atoms with Crippen molar-refractivity contribution in [2.75, 3.05) is 32.5 Å². The number of hydrogen-bond donors (Lipinski definition) is 4. The van der Waals surface area contributed by atoms with Crippen LogP contribution in [0.4, 0.5) is 5.13 Å². The summed E-state index contributed by atoms with van der Waals surface area (Å²) >= 11 is 1.23. The van der Waals surface area contributed by atoms with Crippen LogP contribution in [0.5, 0.6) is 0 Å². The second-order valence-electron chi connectivity index (χ2n) is 6.03. The van der Waals surface area contributed by atoms with Gasteiger partial charge in [0.1, 0.15) is 5.69 Å². The SMILES string of the molecule is Cc1ccc(C(=O)Nc2nc(C(=O)NCCN(C)C)cs2)cc1.O=C(O)C(=O)O. The first-order valence-electron chi connectivity index (χ1n) is 8.33. The lowest BCUT2D eigenvalue weighted by Crippen LogP contribution is -2.31. The van der Waals surface area contributed by atoms with E-state index in [2.05, 4.69) is 15.6 Å². The Bertz CT molecular complexity index is 851. The molecule has 156 valence electrons. The summed E-state index contributed by atoms with van der Waals surface area (Å²) in [6, 6.07) is 7.26. The van der Waals surface area contributed by atoms with Gasteiger partial charge in [0.05, 0.1) is 0 Å². The highest BCUT2D eigenvalue weighted by atomic mass is 32.1. The molecular formula is C18H22N4O6S. The van der Waals surface area contributed by atoms with Crippen molar-refractivity contribution in [1.29, 1.82) is 0 Å². The molecule has 0 aliphatic rings. The predicted octanol–water partition coefficient (Wildman–Crippen LogP) is 1.15. The third-order valence-electron chi connectivity index (χ3n) is 3.30. The fourth-order valence-electron chi connectivity index (χ4n) is 1.79. The van der Waals surface area contributed by atoms with Crippen LogP contribution in [-0.4, -0.2) is 71.0 Å². The molecular weight excluding hydrogens is 400 g/mol. The number of nitrogens with one attached hydrogen (secondary N) is 2. The van der Waals surface area contributed by atoms with E-state index in [1.807, 2.05) is 38.1 Å². The second kappa shape index (κ2) is 11.5. The maximum absolute atomic E-state index is 12.1. The average molecular weight is 422 g/mol. The molecule has 29 heavy (non-hydrogen) atoms. The number of carbonyl (C=O) groups excluding carboxylic acids is 2. The summed E-state index contributed by atoms with van der Waals surface area (Å²) in [4.78, 5) is 48.4. The van der Waals surface area contributed by atoms with Gasteiger partial charge in [-0.2, -0.15) is 0 Å². The summed E-state index contributed by atoms with van der Waals surface area (Å²) < 4.78 is 0. The van der Waals surface area contributed by atoms with Crippen LogP contribution in [0.2, 0.25) is 0 Å². The molecule has 1 heterocycles. The van der Waals surface area contributed by atoms with Crippen LogP contribution < -0.4 is 10.6 Å². The number of aryl methyl sites for hydroxylation is 1. The van der Waals surface area contributed by atoms with Crippen LogP contribution in [-0.2, 0) is 9.59 Å². The van der Waals surface area contributed by atoms with Crippen LogP contribution >= 0.6 is 11.3 Å². The first kappa shape index (κ1) is 23.7. The number of carboxylic acid groups (broad SMARTS) is 2. The molecule has 2 amide bonds. The van der Waals surface area contributed by atoms with Gasteiger partial charge < -0.3 is 20.4 Å². The fourth-order valence-corrected chi connectivity index (χ4v) is 2.48. The molecule has 0 aliphatic heterocycles. The Hall–Kier alpha value is -3.31. The highest BCUT2D eigenvalue weighted by Crippen LogP contribution is 2.16. The lowest BCUT2D eigenvalue weighted by Gasteiger charge is -2.09. The molecule has 0 saturated heterocycles. The van der Waals surface area contributed by atoms with Crippen LogP contribution in [0.3, 0.4) is 0 Å². The van der Waals surface area contributed by atoms with Gasteiger partial charge in [-0.15, -0.1) is 11.3 Å². The largest absolute Gasteiger partial charge is 0.473 e. The highest BCUT2D eigenvalue weighted by Gasteiger charge is 2.13. The first-order valence-corrected chi connectivity index (χ1v) is 9.20. The van der Waals surface area contributed by atoms with Crippen molar-refractivity contribution in [3.05, 3.63) is 46.5 Å². The van der Waals surface area contributed by atoms with E-state index in [1.54, 1.807) is 17.5 Å².